The van der Waals surface area contributed by atoms with Crippen molar-refractivity contribution in [3.8, 4) is 11.5 Å². The number of hydrogen-bond donors (Lipinski definition) is 1. The molecule has 3 nitrogen and oxygen atoms in total. The van der Waals surface area contributed by atoms with Crippen molar-refractivity contribution < 1.29 is 9.47 Å². The van der Waals surface area contributed by atoms with E-state index in [2.05, 4.69) is 36.5 Å². The van der Waals surface area contributed by atoms with Gasteiger partial charge in [0.05, 0.1) is 7.11 Å². The molecule has 0 amide bonds. The zero-order chi connectivity index (χ0) is 20.5. The summed E-state index contributed by atoms with van der Waals surface area (Å²) in [6.07, 6.45) is 2.12. The molecule has 1 N–H and O–H groups in total. The summed E-state index contributed by atoms with van der Waals surface area (Å²) in [7, 11) is 1.65. The fraction of sp³-hybridized carbons (Fsp3) is 0.280. The molecule has 0 radical (unpaired) electrons. The number of benzene rings is 3. The third-order valence-corrected chi connectivity index (χ3v) is 5.27. The highest BCUT2D eigenvalue weighted by molar-refractivity contribution is 6.31. The minimum Gasteiger partial charge on any atom is -0.493 e. The van der Waals surface area contributed by atoms with Crippen LogP contribution in [0.5, 0.6) is 11.5 Å². The fourth-order valence-corrected chi connectivity index (χ4v) is 3.35. The highest BCUT2D eigenvalue weighted by Gasteiger charge is 2.12. The number of methoxy groups -OCH3 is 1. The predicted octanol–water partition coefficient (Wildman–Crippen LogP) is 6.04. The predicted molar refractivity (Wildman–Crippen MR) is 120 cm³/mol. The molecule has 3 aromatic carbocycles. The van der Waals surface area contributed by atoms with Gasteiger partial charge >= 0.3 is 0 Å². The molecule has 1 atom stereocenters. The summed E-state index contributed by atoms with van der Waals surface area (Å²) in [6.45, 7) is 3.36. The lowest BCUT2D eigenvalue weighted by Gasteiger charge is -2.17. The maximum absolute atomic E-state index is 6.52. The van der Waals surface area contributed by atoms with Crippen molar-refractivity contribution >= 4 is 11.6 Å². The van der Waals surface area contributed by atoms with Crippen LogP contribution in [0, 0.1) is 0 Å². The number of nitrogens with one attached hydrogen (secondary N) is 1. The molecular weight excluding hydrogens is 382 g/mol. The minimum atomic E-state index is 0.381. The Kier molecular flexibility index (Phi) is 7.97. The molecule has 0 saturated carbocycles. The van der Waals surface area contributed by atoms with E-state index < -0.39 is 0 Å². The van der Waals surface area contributed by atoms with Gasteiger partial charge in [-0.25, -0.2) is 0 Å². The Morgan fingerprint density at radius 1 is 0.897 bits per heavy atom. The van der Waals surface area contributed by atoms with E-state index in [0.717, 1.165) is 24.0 Å². The molecular formula is C25H28ClNO2. The summed E-state index contributed by atoms with van der Waals surface area (Å²) < 4.78 is 11.5. The zero-order valence-electron chi connectivity index (χ0n) is 17.0. The van der Waals surface area contributed by atoms with Gasteiger partial charge in [-0.2, -0.15) is 0 Å². The van der Waals surface area contributed by atoms with E-state index in [0.29, 0.717) is 35.7 Å². The van der Waals surface area contributed by atoms with Crippen LogP contribution in [0.15, 0.2) is 72.8 Å². The van der Waals surface area contributed by atoms with Crippen LogP contribution in [0.1, 0.15) is 30.0 Å². The van der Waals surface area contributed by atoms with Gasteiger partial charge in [-0.1, -0.05) is 72.3 Å². The average Bonchev–Trinajstić information content (AvgIpc) is 2.77. The van der Waals surface area contributed by atoms with Crippen molar-refractivity contribution in [1.82, 2.24) is 5.32 Å². The highest BCUT2D eigenvalue weighted by Crippen LogP contribution is 2.34. The molecule has 152 valence electrons. The summed E-state index contributed by atoms with van der Waals surface area (Å²) in [5.74, 6) is 1.35. The van der Waals surface area contributed by atoms with E-state index in [1.165, 1.54) is 5.56 Å². The Hall–Kier alpha value is -2.49. The molecule has 0 aliphatic heterocycles. The molecule has 0 heterocycles. The van der Waals surface area contributed by atoms with Gasteiger partial charge in [-0.15, -0.1) is 0 Å². The van der Waals surface area contributed by atoms with Crippen LogP contribution in [-0.4, -0.2) is 13.2 Å². The summed E-state index contributed by atoms with van der Waals surface area (Å²) in [5, 5.41) is 4.24. The molecule has 3 rings (SSSR count). The van der Waals surface area contributed by atoms with Gasteiger partial charge in [-0.05, 0) is 42.5 Å². The Morgan fingerprint density at radius 2 is 1.55 bits per heavy atom. The van der Waals surface area contributed by atoms with Crippen molar-refractivity contribution in [1.29, 1.82) is 0 Å². The molecule has 0 saturated heterocycles. The largest absolute Gasteiger partial charge is 0.493 e. The first-order chi connectivity index (χ1) is 14.2. The second-order valence-electron chi connectivity index (χ2n) is 7.17. The standard InChI is InChI=1S/C25H28ClNO2/c1-19(13-14-20-9-5-3-6-10-20)27-17-22-15-24(28-2)25(16-23(22)26)29-18-21-11-7-4-8-12-21/h3-12,15-16,19,27H,13-14,17-18H2,1-2H3. The van der Waals surface area contributed by atoms with E-state index in [9.17, 15) is 0 Å². The third-order valence-electron chi connectivity index (χ3n) is 4.92. The zero-order valence-corrected chi connectivity index (χ0v) is 17.8. The first-order valence-electron chi connectivity index (χ1n) is 9.96. The molecule has 0 aromatic heterocycles. The van der Waals surface area contributed by atoms with Crippen molar-refractivity contribution in [3.05, 3.63) is 94.5 Å². The molecule has 3 aromatic rings. The monoisotopic (exact) mass is 409 g/mol. The van der Waals surface area contributed by atoms with Crippen LogP contribution in [0.4, 0.5) is 0 Å². The number of ether oxygens (including phenoxy) is 2. The Morgan fingerprint density at radius 3 is 2.21 bits per heavy atom. The topological polar surface area (TPSA) is 30.5 Å². The Balaban J connectivity index is 1.56. The first-order valence-corrected chi connectivity index (χ1v) is 10.3. The summed E-state index contributed by atoms with van der Waals surface area (Å²) >= 11 is 6.52. The summed E-state index contributed by atoms with van der Waals surface area (Å²) in [5.41, 5.74) is 3.46. The number of rotatable bonds is 10. The van der Waals surface area contributed by atoms with Gasteiger partial charge in [-0.3, -0.25) is 0 Å². The molecule has 0 aliphatic rings. The molecule has 0 aliphatic carbocycles. The van der Waals surface area contributed by atoms with Gasteiger partial charge in [0.25, 0.3) is 0 Å². The second-order valence-corrected chi connectivity index (χ2v) is 7.58. The highest BCUT2D eigenvalue weighted by atomic mass is 35.5. The number of hydrogen-bond acceptors (Lipinski definition) is 3. The lowest BCUT2D eigenvalue weighted by atomic mass is 10.1. The van der Waals surface area contributed by atoms with Gasteiger partial charge < -0.3 is 14.8 Å². The van der Waals surface area contributed by atoms with Crippen LogP contribution in [0.25, 0.3) is 0 Å². The summed E-state index contributed by atoms with van der Waals surface area (Å²) in [4.78, 5) is 0. The van der Waals surface area contributed by atoms with Crippen LogP contribution < -0.4 is 14.8 Å². The van der Waals surface area contributed by atoms with Crippen molar-refractivity contribution in [2.45, 2.75) is 39.0 Å². The lowest BCUT2D eigenvalue weighted by Crippen LogP contribution is -2.26. The molecule has 0 spiro atoms. The quantitative estimate of drug-likeness (QED) is 0.443. The molecule has 0 fully saturated rings. The average molecular weight is 410 g/mol. The normalized spacial score (nSPS) is 11.8. The van der Waals surface area contributed by atoms with E-state index >= 15 is 0 Å². The van der Waals surface area contributed by atoms with E-state index in [1.807, 2.05) is 48.5 Å². The lowest BCUT2D eigenvalue weighted by molar-refractivity contribution is 0.284. The van der Waals surface area contributed by atoms with Crippen LogP contribution >= 0.6 is 11.6 Å². The van der Waals surface area contributed by atoms with Crippen LogP contribution in [-0.2, 0) is 19.6 Å². The Bertz CT molecular complexity index is 884. The smallest absolute Gasteiger partial charge is 0.163 e. The first kappa shape index (κ1) is 21.2. The van der Waals surface area contributed by atoms with E-state index in [-0.39, 0.29) is 0 Å². The summed E-state index contributed by atoms with van der Waals surface area (Å²) in [6, 6.07) is 24.8. The molecule has 4 heteroatoms. The minimum absolute atomic E-state index is 0.381. The van der Waals surface area contributed by atoms with Crippen molar-refractivity contribution in [2.24, 2.45) is 0 Å². The third kappa shape index (κ3) is 6.52. The fourth-order valence-electron chi connectivity index (χ4n) is 3.13. The van der Waals surface area contributed by atoms with Crippen molar-refractivity contribution in [3.63, 3.8) is 0 Å². The second kappa shape index (κ2) is 10.9. The number of halogens is 1. The Labute approximate surface area is 178 Å². The van der Waals surface area contributed by atoms with Crippen molar-refractivity contribution in [2.75, 3.05) is 7.11 Å². The maximum atomic E-state index is 6.52. The van der Waals surface area contributed by atoms with Gasteiger partial charge in [0.1, 0.15) is 6.61 Å². The van der Waals surface area contributed by atoms with Gasteiger partial charge in [0.15, 0.2) is 11.5 Å². The molecule has 1 unspecified atom stereocenters. The van der Waals surface area contributed by atoms with Crippen LogP contribution in [0.2, 0.25) is 5.02 Å². The van der Waals surface area contributed by atoms with E-state index in [1.54, 1.807) is 7.11 Å². The SMILES string of the molecule is COc1cc(CNC(C)CCc2ccccc2)c(Cl)cc1OCc1ccccc1. The molecule has 0 bridgehead atoms. The van der Waals surface area contributed by atoms with E-state index in [4.69, 9.17) is 21.1 Å². The van der Waals surface area contributed by atoms with Gasteiger partial charge in [0, 0.05) is 23.7 Å². The number of aryl methyl sites for hydroxylation is 1. The maximum Gasteiger partial charge on any atom is 0.163 e. The van der Waals surface area contributed by atoms with Crippen LogP contribution in [0.3, 0.4) is 0 Å². The van der Waals surface area contributed by atoms with Gasteiger partial charge in [0.2, 0.25) is 0 Å². The molecule has 29 heavy (non-hydrogen) atoms.